The van der Waals surface area contributed by atoms with Gasteiger partial charge in [0.2, 0.25) is 11.8 Å². The molecule has 2 aliphatic heterocycles. The van der Waals surface area contributed by atoms with E-state index in [0.29, 0.717) is 19.5 Å². The summed E-state index contributed by atoms with van der Waals surface area (Å²) in [6, 6.07) is -1.63. The summed E-state index contributed by atoms with van der Waals surface area (Å²) in [6.07, 6.45) is 5.08. The van der Waals surface area contributed by atoms with Crippen molar-refractivity contribution in [2.24, 2.45) is 17.8 Å². The van der Waals surface area contributed by atoms with Gasteiger partial charge in [-0.15, -0.1) is 0 Å². The predicted octanol–water partition coefficient (Wildman–Crippen LogP) is 1.99. The molecule has 3 aliphatic rings. The fourth-order valence-electron chi connectivity index (χ4n) is 5.28. The minimum atomic E-state index is -0.940. The van der Waals surface area contributed by atoms with E-state index < -0.39 is 29.7 Å². The van der Waals surface area contributed by atoms with Crippen molar-refractivity contribution >= 4 is 23.9 Å². The molecule has 180 valence electrons. The van der Waals surface area contributed by atoms with E-state index in [1.165, 1.54) is 12.0 Å². The minimum absolute atomic E-state index is 0.0348. The number of hydrogen-bond donors (Lipinski definition) is 2. The molecule has 0 aromatic heterocycles. The number of ether oxygens (including phenoxy) is 2. The quantitative estimate of drug-likeness (QED) is 0.618. The number of piperidine rings is 1. The minimum Gasteiger partial charge on any atom is -0.467 e. The van der Waals surface area contributed by atoms with E-state index in [0.717, 1.165) is 32.1 Å². The zero-order chi connectivity index (χ0) is 23.5. The van der Waals surface area contributed by atoms with Crippen LogP contribution in [0.15, 0.2) is 0 Å². The molecule has 32 heavy (non-hydrogen) atoms. The second-order valence-corrected chi connectivity index (χ2v) is 10.2. The van der Waals surface area contributed by atoms with Crippen molar-refractivity contribution < 1.29 is 28.7 Å². The van der Waals surface area contributed by atoms with Crippen LogP contribution in [-0.4, -0.2) is 66.7 Å². The van der Waals surface area contributed by atoms with Gasteiger partial charge in [-0.2, -0.15) is 0 Å². The number of carbonyl (C=O) groups is 4. The summed E-state index contributed by atoms with van der Waals surface area (Å²) >= 11 is 0. The molecule has 0 radical (unpaired) electrons. The highest BCUT2D eigenvalue weighted by molar-refractivity contribution is 5.91. The van der Waals surface area contributed by atoms with E-state index in [2.05, 4.69) is 10.6 Å². The van der Waals surface area contributed by atoms with Crippen LogP contribution in [0.1, 0.15) is 65.7 Å². The smallest absolute Gasteiger partial charge is 0.410 e. The molecule has 0 aromatic rings. The van der Waals surface area contributed by atoms with Gasteiger partial charge in [0, 0.05) is 19.0 Å². The third-order valence-electron chi connectivity index (χ3n) is 6.76. The van der Waals surface area contributed by atoms with Crippen LogP contribution in [0.3, 0.4) is 0 Å². The average molecular weight is 452 g/mol. The highest BCUT2D eigenvalue weighted by atomic mass is 16.6. The SMILES string of the molecule is COC(=O)[C@H](C[C@@H]1CCCNC1=O)NC(=O)C1C2CCCCC2CN1C(=O)OC(C)(C)C. The van der Waals surface area contributed by atoms with Crippen molar-refractivity contribution in [2.75, 3.05) is 20.2 Å². The van der Waals surface area contributed by atoms with Gasteiger partial charge in [0.05, 0.1) is 7.11 Å². The van der Waals surface area contributed by atoms with Crippen LogP contribution in [0.2, 0.25) is 0 Å². The fourth-order valence-corrected chi connectivity index (χ4v) is 5.28. The predicted molar refractivity (Wildman–Crippen MR) is 116 cm³/mol. The largest absolute Gasteiger partial charge is 0.467 e. The number of hydrogen-bond acceptors (Lipinski definition) is 6. The van der Waals surface area contributed by atoms with Gasteiger partial charge in [0.25, 0.3) is 0 Å². The molecule has 0 spiro atoms. The van der Waals surface area contributed by atoms with Gasteiger partial charge in [0.15, 0.2) is 0 Å². The lowest BCUT2D eigenvalue weighted by atomic mass is 9.78. The molecule has 3 rings (SSSR count). The fraction of sp³-hybridized carbons (Fsp3) is 0.826. The lowest BCUT2D eigenvalue weighted by molar-refractivity contribution is -0.146. The third-order valence-corrected chi connectivity index (χ3v) is 6.76. The molecular formula is C23H37N3O6. The summed E-state index contributed by atoms with van der Waals surface area (Å²) in [7, 11) is 1.27. The summed E-state index contributed by atoms with van der Waals surface area (Å²) in [4.78, 5) is 52.6. The molecule has 0 bridgehead atoms. The summed E-state index contributed by atoms with van der Waals surface area (Å²) < 4.78 is 10.5. The zero-order valence-corrected chi connectivity index (χ0v) is 19.6. The van der Waals surface area contributed by atoms with Crippen LogP contribution in [0.4, 0.5) is 4.79 Å². The second kappa shape index (κ2) is 10.1. The van der Waals surface area contributed by atoms with E-state index in [-0.39, 0.29) is 36.0 Å². The number of nitrogens with zero attached hydrogens (tertiary/aromatic N) is 1. The molecule has 3 fully saturated rings. The molecule has 5 atom stereocenters. The second-order valence-electron chi connectivity index (χ2n) is 10.2. The lowest BCUT2D eigenvalue weighted by Crippen LogP contribution is -2.54. The van der Waals surface area contributed by atoms with E-state index in [4.69, 9.17) is 9.47 Å². The Bertz CT molecular complexity index is 734. The lowest BCUT2D eigenvalue weighted by Gasteiger charge is -2.32. The highest BCUT2D eigenvalue weighted by Gasteiger charge is 2.50. The maximum absolute atomic E-state index is 13.5. The maximum Gasteiger partial charge on any atom is 0.410 e. The van der Waals surface area contributed by atoms with Crippen LogP contribution in [0.25, 0.3) is 0 Å². The average Bonchev–Trinajstić information content (AvgIpc) is 3.13. The number of esters is 1. The number of carbonyl (C=O) groups excluding carboxylic acids is 4. The Morgan fingerprint density at radius 1 is 1.16 bits per heavy atom. The molecule has 9 nitrogen and oxygen atoms in total. The molecular weight excluding hydrogens is 414 g/mol. The highest BCUT2D eigenvalue weighted by Crippen LogP contribution is 2.41. The van der Waals surface area contributed by atoms with Gasteiger partial charge in [-0.05, 0) is 64.7 Å². The van der Waals surface area contributed by atoms with E-state index >= 15 is 0 Å². The van der Waals surface area contributed by atoms with E-state index in [1.807, 2.05) is 0 Å². The Balaban J connectivity index is 1.77. The topological polar surface area (TPSA) is 114 Å². The summed E-state index contributed by atoms with van der Waals surface area (Å²) in [5.41, 5.74) is -0.672. The molecule has 1 saturated carbocycles. The van der Waals surface area contributed by atoms with Crippen LogP contribution < -0.4 is 10.6 Å². The monoisotopic (exact) mass is 451 g/mol. The molecule has 9 heteroatoms. The van der Waals surface area contributed by atoms with Crippen LogP contribution in [0, 0.1) is 17.8 Å². The zero-order valence-electron chi connectivity index (χ0n) is 19.6. The summed E-state index contributed by atoms with van der Waals surface area (Å²) in [5.74, 6) is -1.15. The number of likely N-dealkylation sites (tertiary alicyclic amines) is 1. The normalized spacial score (nSPS) is 28.9. The van der Waals surface area contributed by atoms with Crippen LogP contribution in [-0.2, 0) is 23.9 Å². The molecule has 2 N–H and O–H groups in total. The van der Waals surface area contributed by atoms with Gasteiger partial charge in [-0.25, -0.2) is 9.59 Å². The molecule has 2 saturated heterocycles. The van der Waals surface area contributed by atoms with Gasteiger partial charge < -0.3 is 20.1 Å². The summed E-state index contributed by atoms with van der Waals surface area (Å²) in [6.45, 7) is 6.50. The Morgan fingerprint density at radius 2 is 1.88 bits per heavy atom. The number of methoxy groups -OCH3 is 1. The van der Waals surface area contributed by atoms with Gasteiger partial charge in [0.1, 0.15) is 17.7 Å². The van der Waals surface area contributed by atoms with Gasteiger partial charge in [-0.3, -0.25) is 14.5 Å². The number of rotatable bonds is 5. The standard InChI is InChI=1S/C23H37N3O6/c1-23(2,3)32-22(30)26-13-15-8-5-6-10-16(15)18(26)20(28)25-17(21(29)31-4)12-14-9-7-11-24-19(14)27/h14-18H,5-13H2,1-4H3,(H,24,27)(H,25,28)/t14-,15?,16?,17-,18?/m0/s1. The first-order valence-corrected chi connectivity index (χ1v) is 11.8. The molecule has 3 amide bonds. The first-order chi connectivity index (χ1) is 15.1. The molecule has 1 aliphatic carbocycles. The first-order valence-electron chi connectivity index (χ1n) is 11.8. The number of amides is 3. The van der Waals surface area contributed by atoms with Crippen molar-refractivity contribution in [3.63, 3.8) is 0 Å². The van der Waals surface area contributed by atoms with Crippen molar-refractivity contribution in [2.45, 2.75) is 83.4 Å². The Hall–Kier alpha value is -2.32. The van der Waals surface area contributed by atoms with Crippen LogP contribution >= 0.6 is 0 Å². The van der Waals surface area contributed by atoms with Crippen molar-refractivity contribution in [1.82, 2.24) is 15.5 Å². The van der Waals surface area contributed by atoms with Crippen LogP contribution in [0.5, 0.6) is 0 Å². The molecule has 3 unspecified atom stereocenters. The van der Waals surface area contributed by atoms with Crippen molar-refractivity contribution in [1.29, 1.82) is 0 Å². The van der Waals surface area contributed by atoms with Gasteiger partial charge in [-0.1, -0.05) is 12.8 Å². The van der Waals surface area contributed by atoms with E-state index in [1.54, 1.807) is 20.8 Å². The van der Waals surface area contributed by atoms with Crippen molar-refractivity contribution in [3.05, 3.63) is 0 Å². The Morgan fingerprint density at radius 3 is 2.53 bits per heavy atom. The number of nitrogens with one attached hydrogen (secondary N) is 2. The Kier molecular flexibility index (Phi) is 7.67. The molecule has 0 aromatic carbocycles. The Labute approximate surface area is 189 Å². The summed E-state index contributed by atoms with van der Waals surface area (Å²) in [5, 5.41) is 5.63. The maximum atomic E-state index is 13.5. The number of fused-ring (bicyclic) bond motifs is 1. The van der Waals surface area contributed by atoms with Gasteiger partial charge >= 0.3 is 12.1 Å². The third kappa shape index (κ3) is 5.72. The van der Waals surface area contributed by atoms with Crippen molar-refractivity contribution in [3.8, 4) is 0 Å². The first kappa shape index (κ1) is 24.3. The van der Waals surface area contributed by atoms with E-state index in [9.17, 15) is 19.2 Å². The molecule has 2 heterocycles.